The van der Waals surface area contributed by atoms with Crippen LogP contribution in [-0.4, -0.2) is 42.1 Å². The van der Waals surface area contributed by atoms with Crippen LogP contribution in [0.15, 0.2) is 29.9 Å². The molecule has 0 saturated carbocycles. The van der Waals surface area contributed by atoms with E-state index in [0.717, 1.165) is 6.42 Å². The number of nitrogens with one attached hydrogen (secondary N) is 1. The summed E-state index contributed by atoms with van der Waals surface area (Å²) in [6, 6.07) is 4.29. The van der Waals surface area contributed by atoms with Gasteiger partial charge < -0.3 is 14.6 Å². The van der Waals surface area contributed by atoms with Crippen molar-refractivity contribution in [3.63, 3.8) is 0 Å². The molecule has 2 unspecified atom stereocenters. The molecule has 0 aliphatic carbocycles. The lowest BCUT2D eigenvalue weighted by Gasteiger charge is -2.31. The SMILES string of the molecule is COCCN1C=CN2NC(c3cccs3)CC2C1=O. The molecule has 1 fully saturated rings. The second-order valence-corrected chi connectivity index (χ2v) is 5.66. The number of nitrogens with zero attached hydrogens (tertiary/aromatic N) is 2. The third-order valence-corrected chi connectivity index (χ3v) is 4.48. The van der Waals surface area contributed by atoms with E-state index in [9.17, 15) is 4.79 Å². The van der Waals surface area contributed by atoms with Gasteiger partial charge in [-0.2, -0.15) is 0 Å². The van der Waals surface area contributed by atoms with E-state index in [0.29, 0.717) is 13.2 Å². The van der Waals surface area contributed by atoms with Gasteiger partial charge in [0.2, 0.25) is 0 Å². The summed E-state index contributed by atoms with van der Waals surface area (Å²) in [7, 11) is 1.65. The van der Waals surface area contributed by atoms with Crippen molar-refractivity contribution in [1.29, 1.82) is 0 Å². The fourth-order valence-electron chi connectivity index (χ4n) is 2.49. The molecule has 0 radical (unpaired) electrons. The Bertz CT molecular complexity index is 474. The Labute approximate surface area is 116 Å². The van der Waals surface area contributed by atoms with E-state index >= 15 is 0 Å². The fourth-order valence-corrected chi connectivity index (χ4v) is 3.27. The number of methoxy groups -OCH3 is 1. The molecule has 1 aromatic heterocycles. The van der Waals surface area contributed by atoms with Gasteiger partial charge in [-0.3, -0.25) is 4.79 Å². The third kappa shape index (κ3) is 2.39. The van der Waals surface area contributed by atoms with Crippen LogP contribution in [0.4, 0.5) is 0 Å². The molecule has 0 spiro atoms. The molecule has 0 aromatic carbocycles. The average Bonchev–Trinajstić information content (AvgIpc) is 3.07. The molecule has 6 heteroatoms. The van der Waals surface area contributed by atoms with Crippen LogP contribution in [0, 0.1) is 0 Å². The minimum atomic E-state index is -0.103. The lowest BCUT2D eigenvalue weighted by molar-refractivity contribution is -0.134. The van der Waals surface area contributed by atoms with Gasteiger partial charge in [0.15, 0.2) is 0 Å². The maximum absolute atomic E-state index is 12.4. The van der Waals surface area contributed by atoms with Gasteiger partial charge in [0.1, 0.15) is 6.04 Å². The minimum absolute atomic E-state index is 0.103. The number of carbonyl (C=O) groups excluding carboxylic acids is 1. The number of carbonyl (C=O) groups is 1. The molecule has 1 aromatic rings. The Morgan fingerprint density at radius 1 is 1.53 bits per heavy atom. The van der Waals surface area contributed by atoms with Gasteiger partial charge in [-0.15, -0.1) is 11.3 Å². The molecular weight excluding hydrogens is 262 g/mol. The zero-order chi connectivity index (χ0) is 13.2. The van der Waals surface area contributed by atoms with Gasteiger partial charge in [-0.25, -0.2) is 5.43 Å². The van der Waals surface area contributed by atoms with Crippen molar-refractivity contribution in [3.05, 3.63) is 34.8 Å². The van der Waals surface area contributed by atoms with E-state index in [-0.39, 0.29) is 18.0 Å². The Hall–Kier alpha value is -1.37. The van der Waals surface area contributed by atoms with Crippen LogP contribution in [0.2, 0.25) is 0 Å². The Morgan fingerprint density at radius 2 is 2.42 bits per heavy atom. The minimum Gasteiger partial charge on any atom is -0.383 e. The lowest BCUT2D eigenvalue weighted by Crippen LogP contribution is -2.48. The Morgan fingerprint density at radius 3 is 3.16 bits per heavy atom. The van der Waals surface area contributed by atoms with Crippen molar-refractivity contribution in [1.82, 2.24) is 15.3 Å². The first-order valence-corrected chi connectivity index (χ1v) is 7.23. The summed E-state index contributed by atoms with van der Waals surface area (Å²) in [5.74, 6) is 0.145. The molecule has 1 amide bonds. The molecule has 2 atom stereocenters. The van der Waals surface area contributed by atoms with Crippen molar-refractivity contribution in [3.8, 4) is 0 Å². The second kappa shape index (κ2) is 5.32. The summed E-state index contributed by atoms with van der Waals surface area (Å²) in [6.45, 7) is 1.17. The van der Waals surface area contributed by atoms with Crippen LogP contribution in [0.25, 0.3) is 0 Å². The first-order chi connectivity index (χ1) is 9.29. The summed E-state index contributed by atoms with van der Waals surface area (Å²) in [6.07, 6.45) is 4.57. The standard InChI is InChI=1S/C13H17N3O2S/c1-18-7-6-15-4-5-16-11(13(15)17)9-10(14-16)12-3-2-8-19-12/h2-5,8,10-11,14H,6-7,9H2,1H3. The third-order valence-electron chi connectivity index (χ3n) is 3.50. The summed E-state index contributed by atoms with van der Waals surface area (Å²) in [5.41, 5.74) is 3.38. The molecular formula is C13H17N3O2S. The van der Waals surface area contributed by atoms with Crippen LogP contribution < -0.4 is 5.43 Å². The highest BCUT2D eigenvalue weighted by Gasteiger charge is 2.39. The van der Waals surface area contributed by atoms with E-state index in [1.165, 1.54) is 4.88 Å². The van der Waals surface area contributed by atoms with Gasteiger partial charge in [0, 0.05) is 37.4 Å². The Balaban J connectivity index is 1.70. The normalized spacial score (nSPS) is 26.1. The van der Waals surface area contributed by atoms with Crippen molar-refractivity contribution >= 4 is 17.2 Å². The monoisotopic (exact) mass is 279 g/mol. The number of hydrogen-bond donors (Lipinski definition) is 1. The highest BCUT2D eigenvalue weighted by atomic mass is 32.1. The molecule has 1 saturated heterocycles. The number of fused-ring (bicyclic) bond motifs is 1. The van der Waals surface area contributed by atoms with E-state index in [1.54, 1.807) is 23.3 Å². The van der Waals surface area contributed by atoms with Crippen molar-refractivity contribution in [2.24, 2.45) is 0 Å². The Kier molecular flexibility index (Phi) is 3.54. The number of ether oxygens (including phenoxy) is 1. The lowest BCUT2D eigenvalue weighted by atomic mass is 10.1. The topological polar surface area (TPSA) is 44.8 Å². The van der Waals surface area contributed by atoms with Gasteiger partial charge in [0.25, 0.3) is 5.91 Å². The number of hydrazine groups is 1. The van der Waals surface area contributed by atoms with Gasteiger partial charge >= 0.3 is 0 Å². The van der Waals surface area contributed by atoms with Crippen LogP contribution in [0.1, 0.15) is 17.3 Å². The average molecular weight is 279 g/mol. The predicted molar refractivity (Wildman–Crippen MR) is 73.2 cm³/mol. The van der Waals surface area contributed by atoms with E-state index in [2.05, 4.69) is 16.9 Å². The highest BCUT2D eigenvalue weighted by molar-refractivity contribution is 7.10. The number of hydrogen-bond acceptors (Lipinski definition) is 5. The van der Waals surface area contributed by atoms with Crippen LogP contribution in [-0.2, 0) is 9.53 Å². The molecule has 2 aliphatic rings. The van der Waals surface area contributed by atoms with Crippen molar-refractivity contribution in [2.45, 2.75) is 18.5 Å². The molecule has 102 valence electrons. The maximum Gasteiger partial charge on any atom is 0.251 e. The summed E-state index contributed by atoms with van der Waals surface area (Å²) in [4.78, 5) is 15.4. The zero-order valence-corrected chi connectivity index (χ0v) is 11.6. The smallest absolute Gasteiger partial charge is 0.251 e. The zero-order valence-electron chi connectivity index (χ0n) is 10.8. The van der Waals surface area contributed by atoms with Gasteiger partial charge in [0.05, 0.1) is 12.6 Å². The fraction of sp³-hybridized carbons (Fsp3) is 0.462. The maximum atomic E-state index is 12.4. The largest absolute Gasteiger partial charge is 0.383 e. The first kappa shape index (κ1) is 12.7. The highest BCUT2D eigenvalue weighted by Crippen LogP contribution is 2.32. The predicted octanol–water partition coefficient (Wildman–Crippen LogP) is 1.33. The van der Waals surface area contributed by atoms with E-state index < -0.39 is 0 Å². The van der Waals surface area contributed by atoms with E-state index in [4.69, 9.17) is 4.74 Å². The number of rotatable bonds is 4. The molecule has 5 nitrogen and oxygen atoms in total. The second-order valence-electron chi connectivity index (χ2n) is 4.68. The molecule has 3 heterocycles. The van der Waals surface area contributed by atoms with Gasteiger partial charge in [-0.05, 0) is 11.4 Å². The van der Waals surface area contributed by atoms with Gasteiger partial charge in [-0.1, -0.05) is 6.07 Å². The molecule has 0 bridgehead atoms. The van der Waals surface area contributed by atoms with Crippen LogP contribution >= 0.6 is 11.3 Å². The van der Waals surface area contributed by atoms with Crippen molar-refractivity contribution < 1.29 is 9.53 Å². The number of thiophene rings is 1. The summed E-state index contributed by atoms with van der Waals surface area (Å²) >= 11 is 1.72. The van der Waals surface area contributed by atoms with Crippen LogP contribution in [0.3, 0.4) is 0 Å². The molecule has 3 rings (SSSR count). The molecule has 19 heavy (non-hydrogen) atoms. The quantitative estimate of drug-likeness (QED) is 0.903. The van der Waals surface area contributed by atoms with Crippen molar-refractivity contribution in [2.75, 3.05) is 20.3 Å². The van der Waals surface area contributed by atoms with E-state index in [1.807, 2.05) is 23.5 Å². The first-order valence-electron chi connectivity index (χ1n) is 6.35. The summed E-state index contributed by atoms with van der Waals surface area (Å²) < 4.78 is 5.03. The summed E-state index contributed by atoms with van der Waals surface area (Å²) in [5, 5.41) is 3.99. The molecule has 2 aliphatic heterocycles. The number of amides is 1. The van der Waals surface area contributed by atoms with Crippen LogP contribution in [0.5, 0.6) is 0 Å². The molecule has 1 N–H and O–H groups in total.